The first kappa shape index (κ1) is 12.3. The van der Waals surface area contributed by atoms with E-state index in [9.17, 15) is 9.18 Å². The fourth-order valence-electron chi connectivity index (χ4n) is 1.99. The predicted octanol–water partition coefficient (Wildman–Crippen LogP) is 3.08. The van der Waals surface area contributed by atoms with E-state index in [1.165, 1.54) is 6.07 Å². The lowest BCUT2D eigenvalue weighted by atomic mass is 9.91. The van der Waals surface area contributed by atoms with E-state index in [0.29, 0.717) is 11.1 Å². The molecule has 2 rings (SSSR count). The van der Waals surface area contributed by atoms with Crippen LogP contribution >= 0.6 is 0 Å². The summed E-state index contributed by atoms with van der Waals surface area (Å²) in [5.74, 6) is -1.58. The van der Waals surface area contributed by atoms with Gasteiger partial charge in [-0.2, -0.15) is 0 Å². The minimum atomic E-state index is -0.651. The summed E-state index contributed by atoms with van der Waals surface area (Å²) in [5.41, 5.74) is 7.22. The summed E-state index contributed by atoms with van der Waals surface area (Å²) >= 11 is 0. The molecule has 0 aliphatic heterocycles. The molecule has 0 aromatic heterocycles. The number of primary amides is 1. The van der Waals surface area contributed by atoms with Gasteiger partial charge in [0.25, 0.3) is 0 Å². The topological polar surface area (TPSA) is 43.1 Å². The number of hydrogen-bond donors (Lipinski definition) is 1. The minimum Gasteiger partial charge on any atom is -0.369 e. The molecule has 0 heterocycles. The molecular weight excluding hydrogens is 229 g/mol. The van der Waals surface area contributed by atoms with Gasteiger partial charge in [0.2, 0.25) is 5.91 Å². The van der Waals surface area contributed by atoms with Gasteiger partial charge in [0.15, 0.2) is 0 Å². The lowest BCUT2D eigenvalue weighted by Gasteiger charge is -2.15. The molecule has 1 amide bonds. The standard InChI is InChI=1S/C15H14FNO/c1-10(15(17)18)14-12(8-5-9-13(14)16)11-6-3-2-4-7-11/h2-10H,1H3,(H2,17,18). The van der Waals surface area contributed by atoms with Crippen molar-refractivity contribution in [3.05, 3.63) is 59.9 Å². The Morgan fingerprint density at radius 3 is 2.39 bits per heavy atom. The molecule has 92 valence electrons. The Labute approximate surface area is 105 Å². The van der Waals surface area contributed by atoms with E-state index in [1.807, 2.05) is 30.3 Å². The maximum atomic E-state index is 13.9. The summed E-state index contributed by atoms with van der Waals surface area (Å²) in [6.45, 7) is 1.62. The van der Waals surface area contributed by atoms with Gasteiger partial charge >= 0.3 is 0 Å². The van der Waals surface area contributed by atoms with E-state index >= 15 is 0 Å². The second-order valence-electron chi connectivity index (χ2n) is 4.19. The predicted molar refractivity (Wildman–Crippen MR) is 69.4 cm³/mol. The number of rotatable bonds is 3. The van der Waals surface area contributed by atoms with E-state index in [1.54, 1.807) is 19.1 Å². The first-order valence-electron chi connectivity index (χ1n) is 5.74. The quantitative estimate of drug-likeness (QED) is 0.884. The number of amides is 1. The van der Waals surface area contributed by atoms with Crippen LogP contribution in [0.5, 0.6) is 0 Å². The normalized spacial score (nSPS) is 12.1. The number of carbonyl (C=O) groups excluding carboxylic acids is 1. The zero-order valence-electron chi connectivity index (χ0n) is 10.1. The van der Waals surface area contributed by atoms with E-state index in [-0.39, 0.29) is 0 Å². The van der Waals surface area contributed by atoms with Crippen LogP contribution < -0.4 is 5.73 Å². The molecule has 2 aromatic rings. The van der Waals surface area contributed by atoms with Gasteiger partial charge in [0.1, 0.15) is 5.82 Å². The van der Waals surface area contributed by atoms with Gasteiger partial charge in [-0.3, -0.25) is 4.79 Å². The second kappa shape index (κ2) is 5.00. The van der Waals surface area contributed by atoms with Gasteiger partial charge in [-0.05, 0) is 24.1 Å². The Kier molecular flexibility index (Phi) is 3.42. The summed E-state index contributed by atoms with van der Waals surface area (Å²) < 4.78 is 13.9. The average Bonchev–Trinajstić information content (AvgIpc) is 2.38. The molecule has 18 heavy (non-hydrogen) atoms. The first-order chi connectivity index (χ1) is 8.61. The molecule has 2 aromatic carbocycles. The van der Waals surface area contributed by atoms with Crippen molar-refractivity contribution in [2.75, 3.05) is 0 Å². The monoisotopic (exact) mass is 243 g/mol. The van der Waals surface area contributed by atoms with Crippen LogP contribution in [0, 0.1) is 5.82 Å². The van der Waals surface area contributed by atoms with E-state index in [4.69, 9.17) is 5.73 Å². The molecule has 0 bridgehead atoms. The van der Waals surface area contributed by atoms with Crippen LogP contribution in [-0.2, 0) is 4.79 Å². The fraction of sp³-hybridized carbons (Fsp3) is 0.133. The Morgan fingerprint density at radius 2 is 1.78 bits per heavy atom. The van der Waals surface area contributed by atoms with Crippen molar-refractivity contribution in [3.8, 4) is 11.1 Å². The number of benzene rings is 2. The lowest BCUT2D eigenvalue weighted by molar-refractivity contribution is -0.119. The summed E-state index contributed by atoms with van der Waals surface area (Å²) in [7, 11) is 0. The van der Waals surface area contributed by atoms with Gasteiger partial charge in [-0.15, -0.1) is 0 Å². The highest BCUT2D eigenvalue weighted by Crippen LogP contribution is 2.31. The molecule has 0 aliphatic carbocycles. The minimum absolute atomic E-state index is 0.358. The van der Waals surface area contributed by atoms with Gasteiger partial charge in [-0.25, -0.2) is 4.39 Å². The zero-order chi connectivity index (χ0) is 13.1. The van der Waals surface area contributed by atoms with Crippen LogP contribution in [-0.4, -0.2) is 5.91 Å². The van der Waals surface area contributed by atoms with Crippen molar-refractivity contribution in [3.63, 3.8) is 0 Å². The summed E-state index contributed by atoms with van der Waals surface area (Å²) in [6.07, 6.45) is 0. The van der Waals surface area contributed by atoms with Crippen molar-refractivity contribution < 1.29 is 9.18 Å². The average molecular weight is 243 g/mol. The van der Waals surface area contributed by atoms with E-state index < -0.39 is 17.6 Å². The third-order valence-corrected chi connectivity index (χ3v) is 3.00. The summed E-state index contributed by atoms with van der Waals surface area (Å²) in [5, 5.41) is 0. The van der Waals surface area contributed by atoms with Crippen molar-refractivity contribution in [2.24, 2.45) is 5.73 Å². The smallest absolute Gasteiger partial charge is 0.224 e. The van der Waals surface area contributed by atoms with Crippen LogP contribution in [0.25, 0.3) is 11.1 Å². The zero-order valence-corrected chi connectivity index (χ0v) is 10.1. The SMILES string of the molecule is CC(C(N)=O)c1c(F)cccc1-c1ccccc1. The van der Waals surface area contributed by atoms with Crippen LogP contribution in [0.2, 0.25) is 0 Å². The maximum Gasteiger partial charge on any atom is 0.224 e. The third kappa shape index (κ3) is 2.25. The molecular formula is C15H14FNO. The molecule has 0 saturated heterocycles. The van der Waals surface area contributed by atoms with Crippen LogP contribution in [0.1, 0.15) is 18.4 Å². The van der Waals surface area contributed by atoms with E-state index in [2.05, 4.69) is 0 Å². The Balaban J connectivity index is 2.62. The Morgan fingerprint density at radius 1 is 1.11 bits per heavy atom. The van der Waals surface area contributed by atoms with Crippen LogP contribution in [0.15, 0.2) is 48.5 Å². The fourth-order valence-corrected chi connectivity index (χ4v) is 1.99. The van der Waals surface area contributed by atoms with Gasteiger partial charge in [-0.1, -0.05) is 42.5 Å². The Hall–Kier alpha value is -2.16. The highest BCUT2D eigenvalue weighted by molar-refractivity contribution is 5.85. The summed E-state index contributed by atoms with van der Waals surface area (Å²) in [4.78, 5) is 11.3. The molecule has 0 radical (unpaired) electrons. The Bertz CT molecular complexity index is 566. The van der Waals surface area contributed by atoms with Gasteiger partial charge in [0, 0.05) is 5.56 Å². The van der Waals surface area contributed by atoms with Crippen LogP contribution in [0.4, 0.5) is 4.39 Å². The van der Waals surface area contributed by atoms with Crippen molar-refractivity contribution in [1.82, 2.24) is 0 Å². The highest BCUT2D eigenvalue weighted by atomic mass is 19.1. The molecule has 2 N–H and O–H groups in total. The molecule has 3 heteroatoms. The molecule has 0 aliphatic rings. The third-order valence-electron chi connectivity index (χ3n) is 3.00. The molecule has 2 nitrogen and oxygen atoms in total. The number of hydrogen-bond acceptors (Lipinski definition) is 1. The number of nitrogens with two attached hydrogens (primary N) is 1. The summed E-state index contributed by atoms with van der Waals surface area (Å²) in [6, 6.07) is 14.2. The molecule has 1 atom stereocenters. The van der Waals surface area contributed by atoms with Gasteiger partial charge in [0.05, 0.1) is 5.92 Å². The van der Waals surface area contributed by atoms with Crippen molar-refractivity contribution in [1.29, 1.82) is 0 Å². The van der Waals surface area contributed by atoms with Crippen molar-refractivity contribution in [2.45, 2.75) is 12.8 Å². The maximum absolute atomic E-state index is 13.9. The van der Waals surface area contributed by atoms with Crippen LogP contribution in [0.3, 0.4) is 0 Å². The van der Waals surface area contributed by atoms with Crippen molar-refractivity contribution >= 4 is 5.91 Å². The number of halogens is 1. The molecule has 0 fully saturated rings. The first-order valence-corrected chi connectivity index (χ1v) is 5.74. The molecule has 1 unspecified atom stereocenters. The largest absolute Gasteiger partial charge is 0.369 e. The molecule has 0 spiro atoms. The number of carbonyl (C=O) groups is 1. The second-order valence-corrected chi connectivity index (χ2v) is 4.19. The van der Waals surface area contributed by atoms with E-state index in [0.717, 1.165) is 5.56 Å². The van der Waals surface area contributed by atoms with Gasteiger partial charge < -0.3 is 5.73 Å². The molecule has 0 saturated carbocycles. The highest BCUT2D eigenvalue weighted by Gasteiger charge is 2.20. The lowest BCUT2D eigenvalue weighted by Crippen LogP contribution is -2.20.